The number of halogens is 2. The molecule has 2 aromatic rings. The summed E-state index contributed by atoms with van der Waals surface area (Å²) in [6.45, 7) is 5.39. The van der Waals surface area contributed by atoms with Crippen LogP contribution in [-0.2, 0) is 4.74 Å². The Morgan fingerprint density at radius 2 is 1.79 bits per heavy atom. The summed E-state index contributed by atoms with van der Waals surface area (Å²) >= 11 is 3.20. The molecule has 0 atom stereocenters. The molecule has 0 bridgehead atoms. The Morgan fingerprint density at radius 3 is 2.38 bits per heavy atom. The van der Waals surface area contributed by atoms with Crippen LogP contribution in [0.1, 0.15) is 31.9 Å². The van der Waals surface area contributed by atoms with Crippen LogP contribution < -0.4 is 5.32 Å². The molecule has 2 aromatic carbocycles. The van der Waals surface area contributed by atoms with Crippen molar-refractivity contribution >= 4 is 27.7 Å². The lowest BCUT2D eigenvalue weighted by Gasteiger charge is -2.19. The first-order valence-corrected chi connectivity index (χ1v) is 8.09. The lowest BCUT2D eigenvalue weighted by molar-refractivity contribution is 0.0636. The largest absolute Gasteiger partial charge is 0.444 e. The molecule has 0 aromatic heterocycles. The number of ether oxygens (including phenoxy) is 1. The molecule has 0 saturated carbocycles. The van der Waals surface area contributed by atoms with Crippen molar-refractivity contribution in [2.75, 3.05) is 5.32 Å². The van der Waals surface area contributed by atoms with Gasteiger partial charge in [-0.3, -0.25) is 5.32 Å². The van der Waals surface area contributed by atoms with Gasteiger partial charge in [-0.05, 0) is 63.2 Å². The van der Waals surface area contributed by atoms with Crippen LogP contribution in [0.15, 0.2) is 46.9 Å². The molecule has 0 aliphatic heterocycles. The zero-order valence-electron chi connectivity index (χ0n) is 13.6. The highest BCUT2D eigenvalue weighted by Crippen LogP contribution is 2.15. The van der Waals surface area contributed by atoms with Crippen molar-refractivity contribution in [3.8, 4) is 11.8 Å². The molecule has 124 valence electrons. The summed E-state index contributed by atoms with van der Waals surface area (Å²) < 4.78 is 19.5. The monoisotopic (exact) mass is 389 g/mol. The van der Waals surface area contributed by atoms with Crippen molar-refractivity contribution in [1.29, 1.82) is 0 Å². The Bertz CT molecular complexity index is 799. The van der Waals surface area contributed by atoms with Gasteiger partial charge in [-0.25, -0.2) is 9.18 Å². The highest BCUT2D eigenvalue weighted by atomic mass is 79.9. The third-order valence-corrected chi connectivity index (χ3v) is 3.30. The maximum Gasteiger partial charge on any atom is 0.412 e. The van der Waals surface area contributed by atoms with Crippen LogP contribution in [0.4, 0.5) is 14.9 Å². The van der Waals surface area contributed by atoms with E-state index in [1.54, 1.807) is 57.2 Å². The third kappa shape index (κ3) is 5.71. The molecular formula is C19H17BrFNO2. The lowest BCUT2D eigenvalue weighted by atomic mass is 10.1. The normalized spacial score (nSPS) is 10.5. The van der Waals surface area contributed by atoms with Gasteiger partial charge in [0.25, 0.3) is 0 Å². The number of nitrogens with one attached hydrogen (secondary N) is 1. The summed E-state index contributed by atoms with van der Waals surface area (Å²) in [6, 6.07) is 11.6. The van der Waals surface area contributed by atoms with E-state index in [1.807, 2.05) is 0 Å². The van der Waals surface area contributed by atoms with Gasteiger partial charge in [-0.2, -0.15) is 0 Å². The Hall–Kier alpha value is -2.32. The molecule has 0 saturated heterocycles. The van der Waals surface area contributed by atoms with Gasteiger partial charge in [-0.15, -0.1) is 0 Å². The molecule has 0 aliphatic carbocycles. The molecule has 0 spiro atoms. The third-order valence-electron chi connectivity index (χ3n) is 2.80. The number of hydrogen-bond acceptors (Lipinski definition) is 2. The highest BCUT2D eigenvalue weighted by molar-refractivity contribution is 9.10. The van der Waals surface area contributed by atoms with E-state index in [9.17, 15) is 9.18 Å². The Balaban J connectivity index is 2.05. The SMILES string of the molecule is CC(C)(C)OC(=O)Nc1ccc(C#Cc2ccc(Br)cc2F)cc1. The number of amides is 1. The molecular weight excluding hydrogens is 373 g/mol. The van der Waals surface area contributed by atoms with Crippen LogP contribution in [0.3, 0.4) is 0 Å². The van der Waals surface area contributed by atoms with E-state index in [0.717, 1.165) is 0 Å². The fraction of sp³-hybridized carbons (Fsp3) is 0.211. The molecule has 1 amide bonds. The van der Waals surface area contributed by atoms with Crippen molar-refractivity contribution < 1.29 is 13.9 Å². The van der Waals surface area contributed by atoms with Crippen LogP contribution in [0.2, 0.25) is 0 Å². The standard InChI is InChI=1S/C19H17BrFNO2/c1-19(2,3)24-18(23)22-16-10-5-13(6-11-16)4-7-14-8-9-15(20)12-17(14)21/h5-6,8-12H,1-3H3,(H,22,23). The second-order valence-electron chi connectivity index (χ2n) is 6.08. The van der Waals surface area contributed by atoms with Crippen LogP contribution in [0.25, 0.3) is 0 Å². The number of benzene rings is 2. The molecule has 0 fully saturated rings. The smallest absolute Gasteiger partial charge is 0.412 e. The second kappa shape index (κ2) is 7.50. The maximum absolute atomic E-state index is 13.7. The number of hydrogen-bond donors (Lipinski definition) is 1. The predicted octanol–water partition coefficient (Wildman–Crippen LogP) is 5.34. The Kier molecular flexibility index (Phi) is 5.63. The highest BCUT2D eigenvalue weighted by Gasteiger charge is 2.15. The number of carbonyl (C=O) groups excluding carboxylic acids is 1. The van der Waals surface area contributed by atoms with Crippen molar-refractivity contribution in [3.05, 3.63) is 63.9 Å². The van der Waals surface area contributed by atoms with Gasteiger partial charge < -0.3 is 4.74 Å². The average Bonchev–Trinajstić information content (AvgIpc) is 2.46. The second-order valence-corrected chi connectivity index (χ2v) is 6.99. The summed E-state index contributed by atoms with van der Waals surface area (Å²) in [5.74, 6) is 5.31. The van der Waals surface area contributed by atoms with Gasteiger partial charge in [0, 0.05) is 15.7 Å². The fourth-order valence-corrected chi connectivity index (χ4v) is 2.12. The van der Waals surface area contributed by atoms with Crippen molar-refractivity contribution in [2.24, 2.45) is 0 Å². The zero-order valence-corrected chi connectivity index (χ0v) is 15.2. The van der Waals surface area contributed by atoms with Crippen LogP contribution >= 0.6 is 15.9 Å². The topological polar surface area (TPSA) is 38.3 Å². The first kappa shape index (κ1) is 18.0. The van der Waals surface area contributed by atoms with E-state index < -0.39 is 11.7 Å². The molecule has 0 heterocycles. The molecule has 0 unspecified atom stereocenters. The summed E-state index contributed by atoms with van der Waals surface area (Å²) in [7, 11) is 0. The summed E-state index contributed by atoms with van der Waals surface area (Å²) in [6.07, 6.45) is -0.515. The summed E-state index contributed by atoms with van der Waals surface area (Å²) in [5, 5.41) is 2.64. The average molecular weight is 390 g/mol. The first-order chi connectivity index (χ1) is 11.2. The van der Waals surface area contributed by atoms with E-state index >= 15 is 0 Å². The van der Waals surface area contributed by atoms with Gasteiger partial charge in [0.1, 0.15) is 11.4 Å². The van der Waals surface area contributed by atoms with Gasteiger partial charge in [0.2, 0.25) is 0 Å². The van der Waals surface area contributed by atoms with Crippen LogP contribution in [0.5, 0.6) is 0 Å². The van der Waals surface area contributed by atoms with Crippen LogP contribution in [-0.4, -0.2) is 11.7 Å². The molecule has 3 nitrogen and oxygen atoms in total. The summed E-state index contributed by atoms with van der Waals surface area (Å²) in [4.78, 5) is 11.7. The van der Waals surface area contributed by atoms with Crippen molar-refractivity contribution in [3.63, 3.8) is 0 Å². The van der Waals surface area contributed by atoms with E-state index in [1.165, 1.54) is 6.07 Å². The Morgan fingerprint density at radius 1 is 1.12 bits per heavy atom. The minimum Gasteiger partial charge on any atom is -0.444 e. The number of anilines is 1. The number of carbonyl (C=O) groups is 1. The van der Waals surface area contributed by atoms with Crippen LogP contribution in [0, 0.1) is 17.7 Å². The van der Waals surface area contributed by atoms with E-state index in [-0.39, 0.29) is 5.82 Å². The molecule has 0 aliphatic rings. The van der Waals surface area contributed by atoms with E-state index in [2.05, 4.69) is 33.1 Å². The van der Waals surface area contributed by atoms with E-state index in [0.29, 0.717) is 21.3 Å². The molecule has 5 heteroatoms. The first-order valence-electron chi connectivity index (χ1n) is 7.30. The van der Waals surface area contributed by atoms with Gasteiger partial charge in [0.15, 0.2) is 0 Å². The molecule has 0 radical (unpaired) electrons. The number of rotatable bonds is 1. The maximum atomic E-state index is 13.7. The van der Waals surface area contributed by atoms with Gasteiger partial charge >= 0.3 is 6.09 Å². The fourth-order valence-electron chi connectivity index (χ4n) is 1.79. The minimum absolute atomic E-state index is 0.328. The Labute approximate surface area is 149 Å². The molecule has 1 N–H and O–H groups in total. The molecule has 24 heavy (non-hydrogen) atoms. The van der Waals surface area contributed by atoms with Gasteiger partial charge in [-0.1, -0.05) is 27.8 Å². The molecule has 2 rings (SSSR count). The minimum atomic E-state index is -0.551. The summed E-state index contributed by atoms with van der Waals surface area (Å²) in [5.41, 5.74) is 1.09. The quantitative estimate of drug-likeness (QED) is 0.668. The predicted molar refractivity (Wildman–Crippen MR) is 96.4 cm³/mol. The zero-order chi connectivity index (χ0) is 17.7. The lowest BCUT2D eigenvalue weighted by Crippen LogP contribution is -2.27. The van der Waals surface area contributed by atoms with Gasteiger partial charge in [0.05, 0.1) is 5.56 Å². The van der Waals surface area contributed by atoms with E-state index in [4.69, 9.17) is 4.74 Å². The van der Waals surface area contributed by atoms with Crippen molar-refractivity contribution in [1.82, 2.24) is 0 Å². The van der Waals surface area contributed by atoms with Crippen molar-refractivity contribution in [2.45, 2.75) is 26.4 Å².